The lowest BCUT2D eigenvalue weighted by atomic mass is 10.0. The average Bonchev–Trinajstić information content (AvgIpc) is 2.77. The zero-order valence-corrected chi connectivity index (χ0v) is 13.2. The van der Waals surface area contributed by atoms with Crippen molar-refractivity contribution in [1.29, 1.82) is 0 Å². The summed E-state index contributed by atoms with van der Waals surface area (Å²) >= 11 is 15.9. The number of H-pyrrole nitrogens is 2. The van der Waals surface area contributed by atoms with Crippen molar-refractivity contribution in [3.63, 3.8) is 0 Å². The van der Waals surface area contributed by atoms with Crippen LogP contribution in [0.1, 0.15) is 16.5 Å². The monoisotopic (exact) mass is 370 g/mol. The van der Waals surface area contributed by atoms with Gasteiger partial charge in [-0.25, -0.2) is 4.79 Å². The highest BCUT2D eigenvalue weighted by molar-refractivity contribution is 9.10. The lowest BCUT2D eigenvalue weighted by Gasteiger charge is -2.12. The van der Waals surface area contributed by atoms with Crippen LogP contribution in [0.4, 0.5) is 0 Å². The fourth-order valence-corrected chi connectivity index (χ4v) is 3.46. The van der Waals surface area contributed by atoms with E-state index in [2.05, 4.69) is 25.9 Å². The molecule has 2 aromatic carbocycles. The van der Waals surface area contributed by atoms with E-state index in [0.717, 1.165) is 26.6 Å². The first-order chi connectivity index (χ1) is 9.54. The molecule has 1 atom stereocenters. The lowest BCUT2D eigenvalue weighted by molar-refractivity contribution is 1.13. The van der Waals surface area contributed by atoms with E-state index in [1.54, 1.807) is 6.07 Å². The summed E-state index contributed by atoms with van der Waals surface area (Å²) in [5.41, 5.74) is 3.10. The molecular formula is C14H9BrCl2N2O. The summed E-state index contributed by atoms with van der Waals surface area (Å²) in [6.07, 6.45) is 0. The number of hydrogen-bond acceptors (Lipinski definition) is 1. The highest BCUT2D eigenvalue weighted by Gasteiger charge is 2.15. The second kappa shape index (κ2) is 5.28. The van der Waals surface area contributed by atoms with Gasteiger partial charge in [0.1, 0.15) is 0 Å². The Morgan fingerprint density at radius 1 is 1.05 bits per heavy atom. The van der Waals surface area contributed by atoms with Gasteiger partial charge in [-0.3, -0.25) is 0 Å². The van der Waals surface area contributed by atoms with Crippen LogP contribution in [0.15, 0.2) is 45.7 Å². The second-order valence-corrected chi connectivity index (χ2v) is 6.14. The maximum absolute atomic E-state index is 11.3. The molecule has 1 heterocycles. The molecule has 0 fully saturated rings. The fraction of sp³-hybridized carbons (Fsp3) is 0.0714. The molecule has 0 saturated heterocycles. The second-order valence-electron chi connectivity index (χ2n) is 4.41. The van der Waals surface area contributed by atoms with Crippen molar-refractivity contribution in [2.75, 3.05) is 0 Å². The third-order valence-electron chi connectivity index (χ3n) is 3.07. The maximum atomic E-state index is 11.3. The van der Waals surface area contributed by atoms with Crippen LogP contribution in [0.5, 0.6) is 0 Å². The van der Waals surface area contributed by atoms with Gasteiger partial charge in [0.25, 0.3) is 0 Å². The predicted molar refractivity (Wildman–Crippen MR) is 85.8 cm³/mol. The summed E-state index contributed by atoms with van der Waals surface area (Å²) in [5.74, 6) is 0. The number of fused-ring (bicyclic) bond motifs is 1. The van der Waals surface area contributed by atoms with Crippen molar-refractivity contribution in [3.05, 3.63) is 67.5 Å². The average molecular weight is 372 g/mol. The topological polar surface area (TPSA) is 48.6 Å². The van der Waals surface area contributed by atoms with E-state index in [-0.39, 0.29) is 11.1 Å². The zero-order valence-electron chi connectivity index (χ0n) is 10.1. The first-order valence-corrected chi connectivity index (χ1v) is 7.46. The summed E-state index contributed by atoms with van der Waals surface area (Å²) in [5, 5.41) is 0.319. The molecule has 3 aromatic rings. The van der Waals surface area contributed by atoms with Crippen molar-refractivity contribution >= 4 is 50.2 Å². The van der Waals surface area contributed by atoms with Gasteiger partial charge >= 0.3 is 5.69 Å². The van der Waals surface area contributed by atoms with Crippen molar-refractivity contribution in [2.45, 2.75) is 5.38 Å². The molecule has 3 nitrogen and oxygen atoms in total. The fourth-order valence-electron chi connectivity index (χ4n) is 2.09. The third kappa shape index (κ3) is 2.51. The Morgan fingerprint density at radius 2 is 1.80 bits per heavy atom. The Morgan fingerprint density at radius 3 is 2.55 bits per heavy atom. The molecule has 0 radical (unpaired) electrons. The summed E-state index contributed by atoms with van der Waals surface area (Å²) < 4.78 is 0.854. The van der Waals surface area contributed by atoms with Crippen LogP contribution in [-0.2, 0) is 0 Å². The SMILES string of the molecule is O=c1[nH]c2ccc(C(Cl)c3ccc(Cl)cc3Br)cc2[nH]1. The number of benzene rings is 2. The normalized spacial score (nSPS) is 12.8. The predicted octanol–water partition coefficient (Wildman–Crippen LogP) is 4.60. The Balaban J connectivity index is 2.06. The van der Waals surface area contributed by atoms with E-state index in [1.165, 1.54) is 0 Å². The van der Waals surface area contributed by atoms with Crippen LogP contribution in [0.2, 0.25) is 5.02 Å². The summed E-state index contributed by atoms with van der Waals surface area (Å²) in [6, 6.07) is 11.1. The molecule has 1 unspecified atom stereocenters. The number of aromatic amines is 2. The molecule has 0 aliphatic rings. The molecule has 0 aliphatic heterocycles. The molecule has 2 N–H and O–H groups in total. The molecule has 0 bridgehead atoms. The minimum atomic E-state index is -0.329. The summed E-state index contributed by atoms with van der Waals surface area (Å²) in [7, 11) is 0. The van der Waals surface area contributed by atoms with Gasteiger partial charge in [-0.15, -0.1) is 11.6 Å². The standard InChI is InChI=1S/C14H9BrCl2N2O/c15-10-6-8(16)2-3-9(10)13(17)7-1-4-11-12(5-7)19-14(20)18-11/h1-6,13H,(H2,18,19,20). The Bertz CT molecular complexity index is 841. The number of aromatic nitrogens is 2. The number of hydrogen-bond donors (Lipinski definition) is 2. The Hall–Kier alpha value is -1.23. The number of imidazole rings is 1. The van der Waals surface area contributed by atoms with Crippen molar-refractivity contribution < 1.29 is 0 Å². The van der Waals surface area contributed by atoms with E-state index in [0.29, 0.717) is 5.02 Å². The molecule has 6 heteroatoms. The van der Waals surface area contributed by atoms with Crippen LogP contribution in [0.3, 0.4) is 0 Å². The minimum absolute atomic E-state index is 0.226. The highest BCUT2D eigenvalue weighted by Crippen LogP contribution is 2.35. The number of rotatable bonds is 2. The third-order valence-corrected chi connectivity index (χ3v) is 4.48. The number of nitrogens with one attached hydrogen (secondary N) is 2. The van der Waals surface area contributed by atoms with E-state index in [4.69, 9.17) is 23.2 Å². The molecule has 0 spiro atoms. The van der Waals surface area contributed by atoms with Crippen molar-refractivity contribution in [1.82, 2.24) is 9.97 Å². The smallest absolute Gasteiger partial charge is 0.306 e. The first kappa shape index (κ1) is 13.7. The Labute approximate surface area is 133 Å². The molecule has 102 valence electrons. The van der Waals surface area contributed by atoms with Crippen molar-refractivity contribution in [2.24, 2.45) is 0 Å². The van der Waals surface area contributed by atoms with Crippen LogP contribution in [0, 0.1) is 0 Å². The van der Waals surface area contributed by atoms with Gasteiger partial charge < -0.3 is 9.97 Å². The molecular weight excluding hydrogens is 363 g/mol. The number of alkyl halides is 1. The first-order valence-electron chi connectivity index (χ1n) is 5.85. The van der Waals surface area contributed by atoms with Crippen LogP contribution >= 0.6 is 39.1 Å². The summed E-state index contributed by atoms with van der Waals surface area (Å²) in [4.78, 5) is 16.7. The molecule has 1 aromatic heterocycles. The molecule has 0 aliphatic carbocycles. The minimum Gasteiger partial charge on any atom is -0.306 e. The highest BCUT2D eigenvalue weighted by atomic mass is 79.9. The van der Waals surface area contributed by atoms with Gasteiger partial charge in [0.05, 0.1) is 16.4 Å². The van der Waals surface area contributed by atoms with Crippen LogP contribution in [-0.4, -0.2) is 9.97 Å². The van der Waals surface area contributed by atoms with Gasteiger partial charge in [-0.1, -0.05) is 39.7 Å². The largest absolute Gasteiger partial charge is 0.323 e. The van der Waals surface area contributed by atoms with Gasteiger partial charge in [0, 0.05) is 9.50 Å². The zero-order chi connectivity index (χ0) is 14.3. The molecule has 3 rings (SSSR count). The van der Waals surface area contributed by atoms with Gasteiger partial charge in [0.15, 0.2) is 0 Å². The van der Waals surface area contributed by atoms with Gasteiger partial charge in [-0.2, -0.15) is 0 Å². The van der Waals surface area contributed by atoms with Gasteiger partial charge in [-0.05, 0) is 35.4 Å². The number of halogens is 3. The molecule has 20 heavy (non-hydrogen) atoms. The van der Waals surface area contributed by atoms with E-state index in [1.807, 2.05) is 30.3 Å². The molecule has 0 saturated carbocycles. The molecule has 0 amide bonds. The Kier molecular flexibility index (Phi) is 3.63. The van der Waals surface area contributed by atoms with E-state index >= 15 is 0 Å². The van der Waals surface area contributed by atoms with E-state index in [9.17, 15) is 4.79 Å². The maximum Gasteiger partial charge on any atom is 0.323 e. The van der Waals surface area contributed by atoms with E-state index < -0.39 is 0 Å². The summed E-state index contributed by atoms with van der Waals surface area (Å²) in [6.45, 7) is 0. The van der Waals surface area contributed by atoms with Crippen molar-refractivity contribution in [3.8, 4) is 0 Å². The quantitative estimate of drug-likeness (QED) is 0.635. The van der Waals surface area contributed by atoms with Crippen LogP contribution < -0.4 is 5.69 Å². The van der Waals surface area contributed by atoms with Gasteiger partial charge in [0.2, 0.25) is 0 Å². The van der Waals surface area contributed by atoms with Crippen LogP contribution in [0.25, 0.3) is 11.0 Å². The lowest BCUT2D eigenvalue weighted by Crippen LogP contribution is -1.99.